The van der Waals surface area contributed by atoms with Gasteiger partial charge in [-0.2, -0.15) is 0 Å². The minimum absolute atomic E-state index is 0.244. The molecule has 0 radical (unpaired) electrons. The second kappa shape index (κ2) is 6.75. The average molecular weight is 350 g/mol. The Morgan fingerprint density at radius 3 is 2.42 bits per heavy atom. The van der Waals surface area contributed by atoms with E-state index in [2.05, 4.69) is 5.32 Å². The number of hydrogen-bond donors (Lipinski definition) is 1. The lowest BCUT2D eigenvalue weighted by molar-refractivity contribution is 0.0923. The second-order valence-electron chi connectivity index (χ2n) is 7.03. The van der Waals surface area contributed by atoms with Crippen LogP contribution in [0.15, 0.2) is 36.4 Å². The number of anilines is 1. The van der Waals surface area contributed by atoms with E-state index in [0.29, 0.717) is 29.3 Å². The summed E-state index contributed by atoms with van der Waals surface area (Å²) in [6.45, 7) is 8.39. The number of nitrogens with zero attached hydrogens (tertiary/aromatic N) is 1. The number of carbonyl (C=O) groups is 3. The van der Waals surface area contributed by atoms with Gasteiger partial charge in [0, 0.05) is 12.1 Å². The van der Waals surface area contributed by atoms with E-state index >= 15 is 0 Å². The van der Waals surface area contributed by atoms with Gasteiger partial charge in [0.25, 0.3) is 17.7 Å². The lowest BCUT2D eigenvalue weighted by Crippen LogP contribution is -2.30. The number of imide groups is 1. The van der Waals surface area contributed by atoms with Crippen molar-refractivity contribution in [3.8, 4) is 0 Å². The largest absolute Gasteiger partial charge is 0.352 e. The molecule has 134 valence electrons. The molecule has 0 fully saturated rings. The number of carbonyl (C=O) groups excluding carboxylic acids is 3. The van der Waals surface area contributed by atoms with E-state index in [-0.39, 0.29) is 17.4 Å². The fraction of sp³-hybridized carbons (Fsp3) is 0.286. The van der Waals surface area contributed by atoms with Crippen molar-refractivity contribution in [3.63, 3.8) is 0 Å². The third-order valence-electron chi connectivity index (χ3n) is 4.64. The van der Waals surface area contributed by atoms with Gasteiger partial charge in [0.1, 0.15) is 0 Å². The van der Waals surface area contributed by atoms with Crippen LogP contribution in [-0.4, -0.2) is 24.3 Å². The molecule has 0 bridgehead atoms. The third kappa shape index (κ3) is 3.01. The lowest BCUT2D eigenvalue weighted by Gasteiger charge is -2.17. The van der Waals surface area contributed by atoms with Crippen molar-refractivity contribution in [1.29, 1.82) is 0 Å². The van der Waals surface area contributed by atoms with Gasteiger partial charge in [-0.1, -0.05) is 26.0 Å². The Morgan fingerprint density at radius 2 is 1.73 bits per heavy atom. The molecular formula is C21H22N2O3. The third-order valence-corrected chi connectivity index (χ3v) is 4.64. The van der Waals surface area contributed by atoms with Crippen LogP contribution in [0.25, 0.3) is 0 Å². The first-order chi connectivity index (χ1) is 12.3. The van der Waals surface area contributed by atoms with E-state index in [1.165, 1.54) is 11.0 Å². The summed E-state index contributed by atoms with van der Waals surface area (Å²) in [5.41, 5.74) is 3.46. The zero-order valence-corrected chi connectivity index (χ0v) is 15.4. The lowest BCUT2D eigenvalue weighted by atomic mass is 10.1. The summed E-state index contributed by atoms with van der Waals surface area (Å²) in [6.07, 6.45) is 0. The van der Waals surface area contributed by atoms with Gasteiger partial charge in [0.15, 0.2) is 0 Å². The molecule has 1 heterocycles. The number of nitrogens with one attached hydrogen (secondary N) is 1. The second-order valence-corrected chi connectivity index (χ2v) is 7.03. The van der Waals surface area contributed by atoms with Crippen LogP contribution in [0.3, 0.4) is 0 Å². The summed E-state index contributed by atoms with van der Waals surface area (Å²) < 4.78 is 0. The molecule has 0 aliphatic carbocycles. The molecule has 0 unspecified atom stereocenters. The summed E-state index contributed by atoms with van der Waals surface area (Å²) in [7, 11) is 0. The maximum absolute atomic E-state index is 12.9. The first kappa shape index (κ1) is 17.9. The molecule has 26 heavy (non-hydrogen) atoms. The maximum Gasteiger partial charge on any atom is 0.266 e. The molecule has 0 saturated carbocycles. The zero-order chi connectivity index (χ0) is 19.0. The summed E-state index contributed by atoms with van der Waals surface area (Å²) in [6, 6.07) is 10.2. The minimum Gasteiger partial charge on any atom is -0.352 e. The highest BCUT2D eigenvalue weighted by atomic mass is 16.2. The van der Waals surface area contributed by atoms with E-state index < -0.39 is 5.91 Å². The van der Waals surface area contributed by atoms with E-state index in [0.717, 1.165) is 11.1 Å². The number of rotatable bonds is 4. The highest BCUT2D eigenvalue weighted by Crippen LogP contribution is 2.32. The predicted octanol–water partition coefficient (Wildman–Crippen LogP) is 3.49. The van der Waals surface area contributed by atoms with Crippen molar-refractivity contribution in [2.45, 2.75) is 27.7 Å². The molecule has 2 aromatic rings. The molecule has 0 aromatic heterocycles. The van der Waals surface area contributed by atoms with E-state index in [9.17, 15) is 14.4 Å². The molecule has 0 spiro atoms. The molecule has 3 amide bonds. The van der Waals surface area contributed by atoms with Crippen molar-refractivity contribution in [2.75, 3.05) is 11.4 Å². The van der Waals surface area contributed by atoms with Gasteiger partial charge in [0.05, 0.1) is 16.8 Å². The van der Waals surface area contributed by atoms with E-state index in [1.807, 2.05) is 39.8 Å². The van der Waals surface area contributed by atoms with Crippen LogP contribution >= 0.6 is 0 Å². The molecule has 0 atom stereocenters. The minimum atomic E-state index is -0.391. The quantitative estimate of drug-likeness (QED) is 0.859. The van der Waals surface area contributed by atoms with E-state index in [1.54, 1.807) is 18.2 Å². The Bertz CT molecular complexity index is 915. The first-order valence-electron chi connectivity index (χ1n) is 8.68. The molecule has 1 N–H and O–H groups in total. The summed E-state index contributed by atoms with van der Waals surface area (Å²) in [5, 5.41) is 2.83. The topological polar surface area (TPSA) is 66.5 Å². The van der Waals surface area contributed by atoms with Crippen LogP contribution in [0.1, 0.15) is 56.0 Å². The Kier molecular flexibility index (Phi) is 4.64. The van der Waals surface area contributed by atoms with Gasteiger partial charge in [0.2, 0.25) is 0 Å². The van der Waals surface area contributed by atoms with Crippen LogP contribution < -0.4 is 10.2 Å². The SMILES string of the molecule is Cc1cccc(N2C(=O)c3ccc(C(=O)NCC(C)C)cc3C2=O)c1C. The van der Waals surface area contributed by atoms with Crippen LogP contribution in [0.2, 0.25) is 0 Å². The van der Waals surface area contributed by atoms with Gasteiger partial charge in [-0.15, -0.1) is 0 Å². The number of aryl methyl sites for hydroxylation is 1. The smallest absolute Gasteiger partial charge is 0.266 e. The van der Waals surface area contributed by atoms with Gasteiger partial charge in [-0.25, -0.2) is 4.90 Å². The zero-order valence-electron chi connectivity index (χ0n) is 15.4. The first-order valence-corrected chi connectivity index (χ1v) is 8.68. The fourth-order valence-electron chi connectivity index (χ4n) is 2.98. The normalized spacial score (nSPS) is 13.3. The number of benzene rings is 2. The van der Waals surface area contributed by atoms with E-state index in [4.69, 9.17) is 0 Å². The molecule has 5 heteroatoms. The van der Waals surface area contributed by atoms with Crippen molar-refractivity contribution in [1.82, 2.24) is 5.32 Å². The van der Waals surface area contributed by atoms with Gasteiger partial charge in [-0.3, -0.25) is 14.4 Å². The number of fused-ring (bicyclic) bond motifs is 1. The van der Waals surface area contributed by atoms with Crippen LogP contribution in [-0.2, 0) is 0 Å². The molecule has 1 aliphatic rings. The number of hydrogen-bond acceptors (Lipinski definition) is 3. The Hall–Kier alpha value is -2.95. The Balaban J connectivity index is 1.95. The highest BCUT2D eigenvalue weighted by Gasteiger charge is 2.37. The van der Waals surface area contributed by atoms with Crippen LogP contribution in [0.4, 0.5) is 5.69 Å². The maximum atomic E-state index is 12.9. The fourth-order valence-corrected chi connectivity index (χ4v) is 2.98. The van der Waals surface area contributed by atoms with Crippen molar-refractivity contribution in [2.24, 2.45) is 5.92 Å². The molecule has 3 rings (SSSR count). The van der Waals surface area contributed by atoms with Crippen molar-refractivity contribution < 1.29 is 14.4 Å². The Labute approximate surface area is 153 Å². The van der Waals surface area contributed by atoms with Gasteiger partial charge >= 0.3 is 0 Å². The predicted molar refractivity (Wildman–Crippen MR) is 101 cm³/mol. The van der Waals surface area contributed by atoms with Crippen molar-refractivity contribution in [3.05, 3.63) is 64.2 Å². The highest BCUT2D eigenvalue weighted by molar-refractivity contribution is 6.35. The molecule has 2 aromatic carbocycles. The summed E-state index contributed by atoms with van der Waals surface area (Å²) >= 11 is 0. The standard InChI is InChI=1S/C21H22N2O3/c1-12(2)11-22-19(24)15-8-9-16-17(10-15)21(26)23(20(16)25)18-7-5-6-13(3)14(18)4/h5-10,12H,11H2,1-4H3,(H,22,24). The molecule has 5 nitrogen and oxygen atoms in total. The van der Waals surface area contributed by atoms with Crippen LogP contribution in [0.5, 0.6) is 0 Å². The van der Waals surface area contributed by atoms with Crippen LogP contribution in [0, 0.1) is 19.8 Å². The van der Waals surface area contributed by atoms with Gasteiger partial charge < -0.3 is 5.32 Å². The number of amides is 3. The molecular weight excluding hydrogens is 328 g/mol. The molecule has 0 saturated heterocycles. The molecule has 1 aliphatic heterocycles. The van der Waals surface area contributed by atoms with Crippen molar-refractivity contribution >= 4 is 23.4 Å². The van der Waals surface area contributed by atoms with Gasteiger partial charge in [-0.05, 0) is 55.2 Å². The average Bonchev–Trinajstić information content (AvgIpc) is 2.86. The monoisotopic (exact) mass is 350 g/mol. The Morgan fingerprint density at radius 1 is 1.04 bits per heavy atom. The summed E-state index contributed by atoms with van der Waals surface area (Å²) in [4.78, 5) is 39.1. The summed E-state index contributed by atoms with van der Waals surface area (Å²) in [5.74, 6) is -0.659.